The smallest absolute Gasteiger partial charge is 0.328 e. The van der Waals surface area contributed by atoms with E-state index in [-0.39, 0.29) is 29.8 Å². The van der Waals surface area contributed by atoms with Crippen molar-refractivity contribution in [2.24, 2.45) is 23.5 Å². The van der Waals surface area contributed by atoms with Gasteiger partial charge in [-0.3, -0.25) is 4.79 Å². The van der Waals surface area contributed by atoms with Gasteiger partial charge in [0.15, 0.2) is 0 Å². The number of hydrogen-bond acceptors (Lipinski definition) is 6. The number of rotatable bonds is 13. The molecule has 1 fully saturated rings. The third-order valence-electron chi connectivity index (χ3n) is 5.92. The molecule has 1 aliphatic rings. The molecular formula is C20H39N3O3S. The lowest BCUT2D eigenvalue weighted by Crippen LogP contribution is -2.45. The SMILES string of the molecule is CC[C@H](C)[C@H](CC[C@@H](NC[C@@H](N)CS)[C@@H](C)CC)C(=O)N[C@H]1CCOC1=O. The highest BCUT2D eigenvalue weighted by Gasteiger charge is 2.32. The molecule has 0 spiro atoms. The molecule has 0 aliphatic carbocycles. The van der Waals surface area contributed by atoms with Crippen molar-refractivity contribution >= 4 is 24.5 Å². The summed E-state index contributed by atoms with van der Waals surface area (Å²) in [6.45, 7) is 9.75. The second-order valence-electron chi connectivity index (χ2n) is 7.93. The van der Waals surface area contributed by atoms with Crippen LogP contribution in [-0.4, -0.2) is 48.9 Å². The average Bonchev–Trinajstić information content (AvgIpc) is 3.07. The van der Waals surface area contributed by atoms with Gasteiger partial charge in [0.1, 0.15) is 6.04 Å². The maximum atomic E-state index is 12.8. The minimum absolute atomic E-state index is 0.0249. The van der Waals surface area contributed by atoms with E-state index in [1.54, 1.807) is 0 Å². The van der Waals surface area contributed by atoms with Gasteiger partial charge in [-0.15, -0.1) is 0 Å². The molecule has 1 saturated heterocycles. The monoisotopic (exact) mass is 401 g/mol. The number of esters is 1. The Hall–Kier alpha value is -0.790. The topological polar surface area (TPSA) is 93.4 Å². The maximum Gasteiger partial charge on any atom is 0.328 e. The molecule has 6 nitrogen and oxygen atoms in total. The summed E-state index contributed by atoms with van der Waals surface area (Å²) in [6, 6.07) is -0.139. The van der Waals surface area contributed by atoms with Gasteiger partial charge >= 0.3 is 5.97 Å². The average molecular weight is 402 g/mol. The number of ether oxygens (including phenoxy) is 1. The van der Waals surface area contributed by atoms with Crippen LogP contribution in [0.1, 0.15) is 59.8 Å². The van der Waals surface area contributed by atoms with Crippen LogP contribution < -0.4 is 16.4 Å². The van der Waals surface area contributed by atoms with Crippen molar-refractivity contribution in [2.45, 2.75) is 77.9 Å². The van der Waals surface area contributed by atoms with E-state index in [4.69, 9.17) is 10.5 Å². The number of nitrogens with one attached hydrogen (secondary N) is 2. The minimum atomic E-state index is -0.485. The Labute approximate surface area is 170 Å². The molecule has 1 aliphatic heterocycles. The van der Waals surface area contributed by atoms with E-state index in [1.807, 2.05) is 0 Å². The second-order valence-corrected chi connectivity index (χ2v) is 8.29. The largest absolute Gasteiger partial charge is 0.464 e. The van der Waals surface area contributed by atoms with Crippen LogP contribution in [0.25, 0.3) is 0 Å². The Bertz CT molecular complexity index is 464. The Morgan fingerprint density at radius 1 is 1.26 bits per heavy atom. The van der Waals surface area contributed by atoms with E-state index in [0.717, 1.165) is 32.2 Å². The normalized spacial score (nSPS) is 22.6. The van der Waals surface area contributed by atoms with E-state index in [0.29, 0.717) is 30.7 Å². The third kappa shape index (κ3) is 8.00. The second kappa shape index (κ2) is 12.6. The first kappa shape index (κ1) is 24.2. The fourth-order valence-corrected chi connectivity index (χ4v) is 3.59. The minimum Gasteiger partial charge on any atom is -0.464 e. The zero-order valence-corrected chi connectivity index (χ0v) is 18.3. The summed E-state index contributed by atoms with van der Waals surface area (Å²) in [7, 11) is 0. The lowest BCUT2D eigenvalue weighted by molar-refractivity contribution is -0.142. The van der Waals surface area contributed by atoms with Crippen LogP contribution in [0.2, 0.25) is 0 Å². The lowest BCUT2D eigenvalue weighted by atomic mass is 9.83. The van der Waals surface area contributed by atoms with Crippen molar-refractivity contribution in [1.29, 1.82) is 0 Å². The van der Waals surface area contributed by atoms with E-state index in [1.165, 1.54) is 0 Å². The molecule has 1 amide bonds. The Morgan fingerprint density at radius 3 is 2.44 bits per heavy atom. The van der Waals surface area contributed by atoms with Gasteiger partial charge in [0, 0.05) is 36.7 Å². The zero-order chi connectivity index (χ0) is 20.4. The van der Waals surface area contributed by atoms with Crippen molar-refractivity contribution in [3.05, 3.63) is 0 Å². The van der Waals surface area contributed by atoms with Gasteiger partial charge in [0.05, 0.1) is 6.61 Å². The van der Waals surface area contributed by atoms with Crippen LogP contribution >= 0.6 is 12.6 Å². The Morgan fingerprint density at radius 2 is 1.93 bits per heavy atom. The summed E-state index contributed by atoms with van der Waals surface area (Å²) in [5, 5.41) is 6.48. The fourth-order valence-electron chi connectivity index (χ4n) is 3.46. The standard InChI is InChI=1S/C20H39N3O3S/c1-5-13(3)16(19(24)23-18-9-10-26-20(18)25)7-8-17(14(4)6-2)22-11-15(21)12-27/h13-18,22,27H,5-12,21H2,1-4H3,(H,23,24)/t13-,14-,15+,16-,17+,18-/m0/s1. The fraction of sp³-hybridized carbons (Fsp3) is 0.900. The van der Waals surface area contributed by atoms with Crippen LogP contribution in [0, 0.1) is 17.8 Å². The summed E-state index contributed by atoms with van der Waals surface area (Å²) < 4.78 is 4.96. The lowest BCUT2D eigenvalue weighted by Gasteiger charge is -2.29. The van der Waals surface area contributed by atoms with Crippen molar-refractivity contribution in [2.75, 3.05) is 18.9 Å². The molecule has 4 N–H and O–H groups in total. The maximum absolute atomic E-state index is 12.8. The van der Waals surface area contributed by atoms with Crippen LogP contribution in [0.15, 0.2) is 0 Å². The molecule has 0 aromatic heterocycles. The van der Waals surface area contributed by atoms with Gasteiger partial charge in [0.2, 0.25) is 5.91 Å². The Kier molecular flexibility index (Phi) is 11.3. The van der Waals surface area contributed by atoms with E-state index in [2.05, 4.69) is 51.0 Å². The van der Waals surface area contributed by atoms with E-state index >= 15 is 0 Å². The van der Waals surface area contributed by atoms with Gasteiger partial charge < -0.3 is 21.1 Å². The van der Waals surface area contributed by atoms with Gasteiger partial charge in [-0.1, -0.05) is 40.5 Å². The highest BCUT2D eigenvalue weighted by molar-refractivity contribution is 7.80. The van der Waals surface area contributed by atoms with Crippen molar-refractivity contribution in [1.82, 2.24) is 10.6 Å². The molecule has 0 bridgehead atoms. The molecule has 7 heteroatoms. The first-order valence-corrected chi connectivity index (χ1v) is 11.0. The molecule has 1 rings (SSSR count). The van der Waals surface area contributed by atoms with Gasteiger partial charge in [-0.2, -0.15) is 12.6 Å². The quantitative estimate of drug-likeness (QED) is 0.280. The van der Waals surface area contributed by atoms with Gasteiger partial charge in [-0.05, 0) is 24.7 Å². The van der Waals surface area contributed by atoms with Gasteiger partial charge in [-0.25, -0.2) is 4.79 Å². The molecule has 6 atom stereocenters. The number of thiol groups is 1. The summed E-state index contributed by atoms with van der Waals surface area (Å²) >= 11 is 4.25. The summed E-state index contributed by atoms with van der Waals surface area (Å²) in [4.78, 5) is 24.5. The molecule has 158 valence electrons. The molecule has 0 aromatic rings. The molecule has 1 heterocycles. The Balaban J connectivity index is 2.69. The van der Waals surface area contributed by atoms with E-state index in [9.17, 15) is 9.59 Å². The first-order valence-electron chi connectivity index (χ1n) is 10.4. The zero-order valence-electron chi connectivity index (χ0n) is 17.4. The van der Waals surface area contributed by atoms with Crippen LogP contribution in [-0.2, 0) is 14.3 Å². The summed E-state index contributed by atoms with van der Waals surface area (Å²) in [5.74, 6) is 0.974. The predicted octanol–water partition coefficient (Wildman–Crippen LogP) is 2.12. The van der Waals surface area contributed by atoms with Crippen molar-refractivity contribution in [3.63, 3.8) is 0 Å². The summed E-state index contributed by atoms with van der Waals surface area (Å²) in [5.41, 5.74) is 5.99. The number of hydrogen-bond donors (Lipinski definition) is 4. The molecule has 0 aromatic carbocycles. The van der Waals surface area contributed by atoms with E-state index < -0.39 is 6.04 Å². The number of amides is 1. The van der Waals surface area contributed by atoms with Crippen molar-refractivity contribution < 1.29 is 14.3 Å². The molecule has 0 saturated carbocycles. The predicted molar refractivity (Wildman–Crippen MR) is 113 cm³/mol. The number of carbonyl (C=O) groups excluding carboxylic acids is 2. The third-order valence-corrected chi connectivity index (χ3v) is 6.38. The molecular weight excluding hydrogens is 362 g/mol. The number of cyclic esters (lactones) is 1. The first-order chi connectivity index (χ1) is 12.8. The highest BCUT2D eigenvalue weighted by atomic mass is 32.1. The van der Waals surface area contributed by atoms with Crippen LogP contribution in [0.4, 0.5) is 0 Å². The summed E-state index contributed by atoms with van der Waals surface area (Å²) in [6.07, 6.45) is 4.27. The van der Waals surface area contributed by atoms with Crippen molar-refractivity contribution in [3.8, 4) is 0 Å². The van der Waals surface area contributed by atoms with Crippen LogP contribution in [0.3, 0.4) is 0 Å². The highest BCUT2D eigenvalue weighted by Crippen LogP contribution is 2.25. The molecule has 27 heavy (non-hydrogen) atoms. The molecule has 0 unspecified atom stereocenters. The number of nitrogens with two attached hydrogens (primary N) is 1. The van der Waals surface area contributed by atoms with Crippen LogP contribution in [0.5, 0.6) is 0 Å². The number of carbonyl (C=O) groups is 2. The molecule has 0 radical (unpaired) electrons. The van der Waals surface area contributed by atoms with Gasteiger partial charge in [0.25, 0.3) is 0 Å².